The first kappa shape index (κ1) is 23.4. The van der Waals surface area contributed by atoms with E-state index < -0.39 is 6.10 Å². The number of carbonyl (C=O) groups is 2. The minimum absolute atomic E-state index is 0.0317. The summed E-state index contributed by atoms with van der Waals surface area (Å²) in [6.07, 6.45) is 1.39. The average Bonchev–Trinajstić information content (AvgIpc) is 3.53. The molecule has 186 valence electrons. The summed E-state index contributed by atoms with van der Waals surface area (Å²) in [6.45, 7) is 2.25. The van der Waals surface area contributed by atoms with Gasteiger partial charge in [-0.3, -0.25) is 14.5 Å². The van der Waals surface area contributed by atoms with Gasteiger partial charge in [-0.15, -0.1) is 0 Å². The predicted octanol–water partition coefficient (Wildman–Crippen LogP) is 1.78. The first-order valence-corrected chi connectivity index (χ1v) is 12.0. The number of hydrogen-bond donors (Lipinski definition) is 2. The van der Waals surface area contributed by atoms with Crippen LogP contribution in [0.25, 0.3) is 0 Å². The largest absolute Gasteiger partial charge is 0.497 e. The van der Waals surface area contributed by atoms with Gasteiger partial charge in [0.2, 0.25) is 12.7 Å². The normalized spacial score (nSPS) is 22.3. The van der Waals surface area contributed by atoms with Crippen molar-refractivity contribution in [2.24, 2.45) is 0 Å². The molecule has 0 bridgehead atoms. The standard InChI is InChI=1S/C26H31N3O6/c1-33-21-4-2-3-17(11-21)14-27-25(31)22-13-20(30)15-29(22)19-7-9-28(10-8-19)26(32)18-5-6-23-24(12-18)35-16-34-23/h2-6,11-12,19-20,22,30H,7-10,13-16H2,1H3,(H,27,31)/t20-,22+/m1/s1. The molecule has 3 heterocycles. The quantitative estimate of drug-likeness (QED) is 0.649. The van der Waals surface area contributed by atoms with E-state index >= 15 is 0 Å². The number of ether oxygens (including phenoxy) is 3. The zero-order chi connectivity index (χ0) is 24.4. The van der Waals surface area contributed by atoms with Gasteiger partial charge < -0.3 is 29.5 Å². The van der Waals surface area contributed by atoms with Gasteiger partial charge in [0.15, 0.2) is 11.5 Å². The fourth-order valence-corrected chi connectivity index (χ4v) is 5.20. The van der Waals surface area contributed by atoms with Crippen LogP contribution in [0.5, 0.6) is 17.2 Å². The molecule has 2 amide bonds. The summed E-state index contributed by atoms with van der Waals surface area (Å²) in [5.41, 5.74) is 1.54. The third-order valence-electron chi connectivity index (χ3n) is 7.06. The van der Waals surface area contributed by atoms with Gasteiger partial charge in [-0.2, -0.15) is 0 Å². The molecule has 0 unspecified atom stereocenters. The number of fused-ring (bicyclic) bond motifs is 1. The lowest BCUT2D eigenvalue weighted by atomic mass is 10.0. The lowest BCUT2D eigenvalue weighted by molar-refractivity contribution is -0.126. The van der Waals surface area contributed by atoms with Crippen molar-refractivity contribution >= 4 is 11.8 Å². The molecule has 3 aliphatic rings. The van der Waals surface area contributed by atoms with E-state index in [0.717, 1.165) is 24.2 Å². The van der Waals surface area contributed by atoms with Gasteiger partial charge in [0, 0.05) is 37.8 Å². The highest BCUT2D eigenvalue weighted by molar-refractivity contribution is 5.95. The van der Waals surface area contributed by atoms with Gasteiger partial charge >= 0.3 is 0 Å². The molecule has 0 radical (unpaired) electrons. The summed E-state index contributed by atoms with van der Waals surface area (Å²) in [5, 5.41) is 13.4. The number of nitrogens with one attached hydrogen (secondary N) is 1. The molecule has 0 spiro atoms. The second-order valence-corrected chi connectivity index (χ2v) is 9.26. The zero-order valence-electron chi connectivity index (χ0n) is 19.8. The number of β-amino-alcohol motifs (C(OH)–C–C–N with tert-alkyl or cyclic N) is 1. The SMILES string of the molecule is COc1cccc(CNC(=O)[C@@H]2C[C@@H](O)CN2C2CCN(C(=O)c3ccc4c(c3)OCO4)CC2)c1. The molecule has 9 nitrogen and oxygen atoms in total. The fraction of sp³-hybridized carbons (Fsp3) is 0.462. The molecule has 2 aromatic rings. The molecule has 2 saturated heterocycles. The monoisotopic (exact) mass is 481 g/mol. The maximum atomic E-state index is 13.0. The number of hydrogen-bond acceptors (Lipinski definition) is 7. The number of benzene rings is 2. The van der Waals surface area contributed by atoms with E-state index in [1.807, 2.05) is 29.2 Å². The Kier molecular flexibility index (Phi) is 6.79. The molecule has 2 atom stereocenters. The molecule has 2 aromatic carbocycles. The van der Waals surface area contributed by atoms with Crippen LogP contribution >= 0.6 is 0 Å². The Morgan fingerprint density at radius 2 is 1.91 bits per heavy atom. The van der Waals surface area contributed by atoms with Crippen LogP contribution in [-0.4, -0.2) is 78.4 Å². The molecule has 0 aliphatic carbocycles. The molecule has 5 rings (SSSR count). The lowest BCUT2D eigenvalue weighted by Gasteiger charge is -2.39. The van der Waals surface area contributed by atoms with E-state index in [1.165, 1.54) is 0 Å². The second kappa shape index (κ2) is 10.1. The Balaban J connectivity index is 1.17. The maximum Gasteiger partial charge on any atom is 0.253 e. The van der Waals surface area contributed by atoms with Crippen molar-refractivity contribution in [3.05, 3.63) is 53.6 Å². The second-order valence-electron chi connectivity index (χ2n) is 9.26. The van der Waals surface area contributed by atoms with Crippen LogP contribution in [0.2, 0.25) is 0 Å². The number of aliphatic hydroxyl groups is 1. The van der Waals surface area contributed by atoms with Crippen LogP contribution in [0.15, 0.2) is 42.5 Å². The minimum Gasteiger partial charge on any atom is -0.497 e. The number of nitrogens with zero attached hydrogens (tertiary/aromatic N) is 2. The number of aliphatic hydroxyl groups excluding tert-OH is 1. The number of likely N-dealkylation sites (tertiary alicyclic amines) is 2. The van der Waals surface area contributed by atoms with Gasteiger partial charge in [-0.05, 0) is 55.2 Å². The fourth-order valence-electron chi connectivity index (χ4n) is 5.20. The van der Waals surface area contributed by atoms with Crippen molar-refractivity contribution in [1.82, 2.24) is 15.1 Å². The number of rotatable bonds is 6. The Labute approximate surface area is 204 Å². The molecule has 2 fully saturated rings. The summed E-state index contributed by atoms with van der Waals surface area (Å²) < 4.78 is 16.0. The third kappa shape index (κ3) is 5.06. The first-order chi connectivity index (χ1) is 17.0. The van der Waals surface area contributed by atoms with Crippen LogP contribution in [0.4, 0.5) is 0 Å². The first-order valence-electron chi connectivity index (χ1n) is 12.0. The Morgan fingerprint density at radius 1 is 1.11 bits per heavy atom. The molecule has 35 heavy (non-hydrogen) atoms. The van der Waals surface area contributed by atoms with E-state index in [1.54, 1.807) is 25.3 Å². The molecule has 9 heteroatoms. The van der Waals surface area contributed by atoms with Crippen molar-refractivity contribution < 1.29 is 28.9 Å². The van der Waals surface area contributed by atoms with Crippen molar-refractivity contribution in [3.63, 3.8) is 0 Å². The molecular weight excluding hydrogens is 450 g/mol. The van der Waals surface area contributed by atoms with E-state index in [0.29, 0.717) is 49.7 Å². The van der Waals surface area contributed by atoms with Crippen molar-refractivity contribution in [1.29, 1.82) is 0 Å². The van der Waals surface area contributed by atoms with Gasteiger partial charge in [0.25, 0.3) is 5.91 Å². The maximum absolute atomic E-state index is 13.0. The zero-order valence-corrected chi connectivity index (χ0v) is 19.8. The number of piperidine rings is 1. The van der Waals surface area contributed by atoms with E-state index in [2.05, 4.69) is 10.2 Å². The van der Waals surface area contributed by atoms with Crippen molar-refractivity contribution in [2.45, 2.75) is 44.0 Å². The number of amides is 2. The van der Waals surface area contributed by atoms with E-state index in [9.17, 15) is 14.7 Å². The topological polar surface area (TPSA) is 101 Å². The van der Waals surface area contributed by atoms with E-state index in [4.69, 9.17) is 14.2 Å². The van der Waals surface area contributed by atoms with Crippen LogP contribution < -0.4 is 19.5 Å². The predicted molar refractivity (Wildman–Crippen MR) is 127 cm³/mol. The van der Waals surface area contributed by atoms with Crippen LogP contribution in [0.1, 0.15) is 35.2 Å². The van der Waals surface area contributed by atoms with Gasteiger partial charge in [-0.1, -0.05) is 12.1 Å². The summed E-state index contributed by atoms with van der Waals surface area (Å²) in [5.74, 6) is 1.89. The average molecular weight is 482 g/mol. The summed E-state index contributed by atoms with van der Waals surface area (Å²) in [7, 11) is 1.61. The highest BCUT2D eigenvalue weighted by atomic mass is 16.7. The lowest BCUT2D eigenvalue weighted by Crippen LogP contribution is -2.52. The van der Waals surface area contributed by atoms with E-state index in [-0.39, 0.29) is 30.7 Å². The number of methoxy groups -OCH3 is 1. The van der Waals surface area contributed by atoms with Crippen LogP contribution in [0.3, 0.4) is 0 Å². The molecular formula is C26H31N3O6. The highest BCUT2D eigenvalue weighted by Gasteiger charge is 2.41. The molecule has 0 aromatic heterocycles. The van der Waals surface area contributed by atoms with Crippen LogP contribution in [-0.2, 0) is 11.3 Å². The van der Waals surface area contributed by atoms with Crippen molar-refractivity contribution in [2.75, 3.05) is 33.5 Å². The number of carbonyl (C=O) groups excluding carboxylic acids is 2. The van der Waals surface area contributed by atoms with Gasteiger partial charge in [0.05, 0.1) is 19.3 Å². The van der Waals surface area contributed by atoms with Gasteiger partial charge in [0.1, 0.15) is 5.75 Å². The third-order valence-corrected chi connectivity index (χ3v) is 7.06. The highest BCUT2D eigenvalue weighted by Crippen LogP contribution is 2.33. The van der Waals surface area contributed by atoms with Crippen LogP contribution in [0, 0.1) is 0 Å². The van der Waals surface area contributed by atoms with Gasteiger partial charge in [-0.25, -0.2) is 0 Å². The molecule has 2 N–H and O–H groups in total. The molecule has 0 saturated carbocycles. The minimum atomic E-state index is -0.532. The summed E-state index contributed by atoms with van der Waals surface area (Å²) >= 11 is 0. The van der Waals surface area contributed by atoms with Crippen molar-refractivity contribution in [3.8, 4) is 17.2 Å². The summed E-state index contributed by atoms with van der Waals surface area (Å²) in [6, 6.07) is 12.6. The summed E-state index contributed by atoms with van der Waals surface area (Å²) in [4.78, 5) is 30.0. The Bertz CT molecular complexity index is 1080. The Morgan fingerprint density at radius 3 is 2.71 bits per heavy atom. The Hall–Kier alpha value is -3.30. The molecule has 3 aliphatic heterocycles. The smallest absolute Gasteiger partial charge is 0.253 e.